The number of nitrogens with one attached hydrogen (secondary N) is 1. The fraction of sp³-hybridized carbons (Fsp3) is 0.455. The molecule has 1 rings (SSSR count). The van der Waals surface area contributed by atoms with E-state index in [-0.39, 0.29) is 11.5 Å². The maximum absolute atomic E-state index is 12.1. The Morgan fingerprint density at radius 1 is 1.35 bits per heavy atom. The van der Waals surface area contributed by atoms with Crippen molar-refractivity contribution in [2.75, 3.05) is 12.3 Å². The fourth-order valence-corrected chi connectivity index (χ4v) is 3.46. The third kappa shape index (κ3) is 3.18. The van der Waals surface area contributed by atoms with Crippen LogP contribution in [0.25, 0.3) is 0 Å². The molecular weight excluding hydrogens is 240 g/mol. The van der Waals surface area contributed by atoms with E-state index in [0.717, 1.165) is 0 Å². The molecule has 96 valence electrons. The molecule has 5 nitrogen and oxygen atoms in total. The molecule has 0 bridgehead atoms. The molecule has 4 N–H and O–H groups in total. The molecule has 17 heavy (non-hydrogen) atoms. The van der Waals surface area contributed by atoms with Crippen LogP contribution in [0.4, 0.5) is 5.69 Å². The van der Waals surface area contributed by atoms with Crippen LogP contribution in [0.5, 0.6) is 0 Å². The van der Waals surface area contributed by atoms with Gasteiger partial charge in [-0.3, -0.25) is 0 Å². The van der Waals surface area contributed by atoms with Crippen LogP contribution in [0.3, 0.4) is 0 Å². The molecule has 6 heteroatoms. The Morgan fingerprint density at radius 2 is 1.82 bits per heavy atom. The number of hydrogen-bond acceptors (Lipinski definition) is 4. The molecule has 0 aliphatic heterocycles. The van der Waals surface area contributed by atoms with Crippen molar-refractivity contribution < 1.29 is 13.5 Å². The Bertz CT molecular complexity index is 488. The molecule has 1 unspecified atom stereocenters. The Morgan fingerprint density at radius 3 is 2.24 bits per heavy atom. The smallest absolute Gasteiger partial charge is 0.241 e. The average Bonchev–Trinajstić information content (AvgIpc) is 2.14. The molecule has 1 atom stereocenters. The predicted molar refractivity (Wildman–Crippen MR) is 67.2 cm³/mol. The van der Waals surface area contributed by atoms with E-state index in [9.17, 15) is 8.42 Å². The van der Waals surface area contributed by atoms with E-state index < -0.39 is 16.1 Å². The quantitative estimate of drug-likeness (QED) is 0.687. The lowest BCUT2D eigenvalue weighted by molar-refractivity contribution is 0.265. The number of nitrogen functional groups attached to an aromatic ring is 1. The van der Waals surface area contributed by atoms with E-state index in [1.165, 1.54) is 0 Å². The van der Waals surface area contributed by atoms with Gasteiger partial charge in [0.25, 0.3) is 0 Å². The summed E-state index contributed by atoms with van der Waals surface area (Å²) in [4.78, 5) is 0.229. The first-order valence-corrected chi connectivity index (χ1v) is 6.76. The molecule has 0 heterocycles. The number of anilines is 1. The summed E-state index contributed by atoms with van der Waals surface area (Å²) in [7, 11) is -3.62. The van der Waals surface area contributed by atoms with Gasteiger partial charge in [-0.25, -0.2) is 13.1 Å². The van der Waals surface area contributed by atoms with Crippen LogP contribution in [0, 0.1) is 13.8 Å². The number of aliphatic hydroxyl groups is 1. The van der Waals surface area contributed by atoms with E-state index in [1.807, 2.05) is 0 Å². The first-order chi connectivity index (χ1) is 7.77. The van der Waals surface area contributed by atoms with Gasteiger partial charge >= 0.3 is 0 Å². The number of sulfonamides is 1. The molecule has 0 radical (unpaired) electrons. The third-order valence-electron chi connectivity index (χ3n) is 2.38. The predicted octanol–water partition coefficient (Wildman–Crippen LogP) is 0.545. The highest BCUT2D eigenvalue weighted by Crippen LogP contribution is 2.22. The molecule has 0 saturated heterocycles. The highest BCUT2D eigenvalue weighted by Gasteiger charge is 2.21. The monoisotopic (exact) mass is 258 g/mol. The van der Waals surface area contributed by atoms with Gasteiger partial charge in [-0.05, 0) is 44.0 Å². The van der Waals surface area contributed by atoms with Crippen molar-refractivity contribution >= 4 is 15.7 Å². The molecule has 1 aromatic carbocycles. The zero-order valence-corrected chi connectivity index (χ0v) is 11.0. The van der Waals surface area contributed by atoms with Crippen molar-refractivity contribution in [2.45, 2.75) is 31.7 Å². The van der Waals surface area contributed by atoms with Crippen molar-refractivity contribution in [3.05, 3.63) is 23.3 Å². The summed E-state index contributed by atoms with van der Waals surface area (Å²) in [5, 5.41) is 8.88. The highest BCUT2D eigenvalue weighted by atomic mass is 32.2. The van der Waals surface area contributed by atoms with Crippen LogP contribution in [0.1, 0.15) is 18.1 Å². The second kappa shape index (κ2) is 5.03. The first-order valence-electron chi connectivity index (χ1n) is 5.28. The topological polar surface area (TPSA) is 92.4 Å². The van der Waals surface area contributed by atoms with Gasteiger partial charge in [0.2, 0.25) is 10.0 Å². The van der Waals surface area contributed by atoms with E-state index in [0.29, 0.717) is 16.8 Å². The van der Waals surface area contributed by atoms with Gasteiger partial charge in [0.15, 0.2) is 0 Å². The van der Waals surface area contributed by atoms with Crippen LogP contribution in [0.15, 0.2) is 17.0 Å². The second-order valence-electron chi connectivity index (χ2n) is 4.19. The Kier molecular flexibility index (Phi) is 4.13. The molecule has 0 fully saturated rings. The lowest BCUT2D eigenvalue weighted by atomic mass is 10.1. The molecule has 0 saturated carbocycles. The van der Waals surface area contributed by atoms with Gasteiger partial charge in [0.05, 0.1) is 11.5 Å². The van der Waals surface area contributed by atoms with Gasteiger partial charge < -0.3 is 10.8 Å². The minimum absolute atomic E-state index is 0.229. The summed E-state index contributed by atoms with van der Waals surface area (Å²) < 4.78 is 26.6. The summed E-state index contributed by atoms with van der Waals surface area (Å²) in [6.07, 6.45) is 0. The van der Waals surface area contributed by atoms with E-state index in [1.54, 1.807) is 32.9 Å². The van der Waals surface area contributed by atoms with Crippen molar-refractivity contribution in [1.29, 1.82) is 0 Å². The molecule has 0 aliphatic carbocycles. The first kappa shape index (κ1) is 14.0. The van der Waals surface area contributed by atoms with E-state index >= 15 is 0 Å². The van der Waals surface area contributed by atoms with Crippen molar-refractivity contribution in [3.63, 3.8) is 0 Å². The summed E-state index contributed by atoms with van der Waals surface area (Å²) in [5.74, 6) is 0. The minimum atomic E-state index is -3.62. The Balaban J connectivity index is 3.25. The molecule has 1 aromatic rings. The molecule has 0 amide bonds. The number of hydrogen-bond donors (Lipinski definition) is 3. The highest BCUT2D eigenvalue weighted by molar-refractivity contribution is 7.89. The standard InChI is InChI=1S/C11H18N2O3S/c1-7-4-10(12)5-8(2)11(7)17(15,16)13-9(3)6-14/h4-5,9,13-14H,6,12H2,1-3H3. The van der Waals surface area contributed by atoms with Gasteiger partial charge in [0.1, 0.15) is 0 Å². The molecule has 0 aliphatic rings. The summed E-state index contributed by atoms with van der Waals surface area (Å²) >= 11 is 0. The zero-order valence-electron chi connectivity index (χ0n) is 10.2. The number of rotatable bonds is 4. The molecular formula is C11H18N2O3S. The molecule has 0 spiro atoms. The maximum atomic E-state index is 12.1. The zero-order chi connectivity index (χ0) is 13.2. The second-order valence-corrected chi connectivity index (χ2v) is 5.84. The normalized spacial score (nSPS) is 13.6. The number of benzene rings is 1. The van der Waals surface area contributed by atoms with E-state index in [2.05, 4.69) is 4.72 Å². The van der Waals surface area contributed by atoms with Gasteiger partial charge in [-0.2, -0.15) is 0 Å². The van der Waals surface area contributed by atoms with Gasteiger partial charge in [-0.15, -0.1) is 0 Å². The van der Waals surface area contributed by atoms with E-state index in [4.69, 9.17) is 10.8 Å². The van der Waals surface area contributed by atoms with Crippen LogP contribution in [-0.4, -0.2) is 26.2 Å². The fourth-order valence-electron chi connectivity index (χ4n) is 1.77. The lowest BCUT2D eigenvalue weighted by Crippen LogP contribution is -2.35. The summed E-state index contributed by atoms with van der Waals surface area (Å²) in [6, 6.07) is 2.72. The Labute approximate surface area is 102 Å². The lowest BCUT2D eigenvalue weighted by Gasteiger charge is -2.15. The summed E-state index contributed by atoms with van der Waals surface area (Å²) in [5.41, 5.74) is 7.37. The van der Waals surface area contributed by atoms with Crippen molar-refractivity contribution in [2.24, 2.45) is 0 Å². The summed E-state index contributed by atoms with van der Waals surface area (Å²) in [6.45, 7) is 4.74. The van der Waals surface area contributed by atoms with Crippen LogP contribution >= 0.6 is 0 Å². The number of aliphatic hydroxyl groups excluding tert-OH is 1. The molecule has 0 aromatic heterocycles. The SMILES string of the molecule is Cc1cc(N)cc(C)c1S(=O)(=O)NC(C)CO. The Hall–Kier alpha value is -1.11. The van der Waals surface area contributed by atoms with Crippen molar-refractivity contribution in [1.82, 2.24) is 4.72 Å². The maximum Gasteiger partial charge on any atom is 0.241 e. The van der Waals surface area contributed by atoms with Crippen LogP contribution < -0.4 is 10.5 Å². The van der Waals surface area contributed by atoms with Gasteiger partial charge in [-0.1, -0.05) is 0 Å². The van der Waals surface area contributed by atoms with Crippen LogP contribution in [-0.2, 0) is 10.0 Å². The van der Waals surface area contributed by atoms with Crippen molar-refractivity contribution in [3.8, 4) is 0 Å². The number of aryl methyl sites for hydroxylation is 2. The number of nitrogens with two attached hydrogens (primary N) is 1. The van der Waals surface area contributed by atoms with Gasteiger partial charge in [0, 0.05) is 11.7 Å². The minimum Gasteiger partial charge on any atom is -0.399 e. The third-order valence-corrected chi connectivity index (χ3v) is 4.28. The largest absolute Gasteiger partial charge is 0.399 e. The van der Waals surface area contributed by atoms with Crippen LogP contribution in [0.2, 0.25) is 0 Å². The average molecular weight is 258 g/mol.